The van der Waals surface area contributed by atoms with Gasteiger partial charge in [0.2, 0.25) is 5.82 Å². The molecule has 124 valence electrons. The smallest absolute Gasteiger partial charge is 0.282 e. The molecular formula is C19H21ClN3O+. The molecule has 0 radical (unpaired) electrons. The lowest BCUT2D eigenvalue weighted by Gasteiger charge is -2.09. The Bertz CT molecular complexity index is 798. The summed E-state index contributed by atoms with van der Waals surface area (Å²) in [4.78, 5) is 4.48. The molecule has 0 saturated carbocycles. The van der Waals surface area contributed by atoms with Crippen LogP contribution < -0.4 is 5.32 Å². The molecule has 1 aromatic heterocycles. The number of nitrogens with two attached hydrogens (primary N) is 1. The largest absolute Gasteiger partial charge is 0.333 e. The fourth-order valence-electron chi connectivity index (χ4n) is 2.55. The van der Waals surface area contributed by atoms with Gasteiger partial charge in [-0.3, -0.25) is 0 Å². The molecule has 0 unspecified atom stereocenters. The van der Waals surface area contributed by atoms with E-state index in [-0.39, 0.29) is 6.04 Å². The van der Waals surface area contributed by atoms with Crippen molar-refractivity contribution in [2.75, 3.05) is 0 Å². The molecule has 4 nitrogen and oxygen atoms in total. The minimum absolute atomic E-state index is 0.267. The first-order chi connectivity index (χ1) is 11.7. The molecule has 2 aromatic carbocycles. The van der Waals surface area contributed by atoms with E-state index < -0.39 is 0 Å². The molecule has 0 saturated heterocycles. The van der Waals surface area contributed by atoms with E-state index in [1.807, 2.05) is 30.3 Å². The van der Waals surface area contributed by atoms with Crippen LogP contribution in [0, 0.1) is 0 Å². The van der Waals surface area contributed by atoms with Crippen LogP contribution in [0.2, 0.25) is 5.02 Å². The highest BCUT2D eigenvalue weighted by molar-refractivity contribution is 6.30. The molecule has 1 heterocycles. The van der Waals surface area contributed by atoms with Gasteiger partial charge in [0, 0.05) is 16.1 Å². The molecule has 3 aromatic rings. The lowest BCUT2D eigenvalue weighted by molar-refractivity contribution is -0.710. The highest BCUT2D eigenvalue weighted by atomic mass is 35.5. The second-order valence-corrected chi connectivity index (χ2v) is 6.28. The highest BCUT2D eigenvalue weighted by Gasteiger charge is 2.13. The van der Waals surface area contributed by atoms with E-state index in [2.05, 4.69) is 47.5 Å². The van der Waals surface area contributed by atoms with E-state index in [1.165, 1.54) is 11.1 Å². The van der Waals surface area contributed by atoms with Crippen LogP contribution in [0.3, 0.4) is 0 Å². The van der Waals surface area contributed by atoms with Crippen LogP contribution in [-0.4, -0.2) is 10.1 Å². The second kappa shape index (κ2) is 7.60. The van der Waals surface area contributed by atoms with Crippen molar-refractivity contribution < 1.29 is 9.84 Å². The van der Waals surface area contributed by atoms with Crippen molar-refractivity contribution in [3.05, 3.63) is 70.6 Å². The summed E-state index contributed by atoms with van der Waals surface area (Å²) < 4.78 is 5.37. The first-order valence-corrected chi connectivity index (χ1v) is 8.54. The average Bonchev–Trinajstić information content (AvgIpc) is 3.09. The number of hydrogen-bond acceptors (Lipinski definition) is 3. The maximum atomic E-state index is 6.04. The van der Waals surface area contributed by atoms with Gasteiger partial charge < -0.3 is 9.84 Å². The first kappa shape index (κ1) is 16.7. The summed E-state index contributed by atoms with van der Waals surface area (Å²) in [5, 5.41) is 6.99. The van der Waals surface area contributed by atoms with Gasteiger partial charge in [-0.05, 0) is 31.0 Å². The zero-order valence-corrected chi connectivity index (χ0v) is 14.6. The lowest BCUT2D eigenvalue weighted by atomic mass is 10.1. The van der Waals surface area contributed by atoms with Crippen molar-refractivity contribution in [2.45, 2.75) is 32.9 Å². The number of nitrogens with zero attached hydrogens (tertiary/aromatic N) is 2. The van der Waals surface area contributed by atoms with Gasteiger partial charge >= 0.3 is 0 Å². The SMILES string of the molecule is CCc1ccc(-c2noc(C[NH2+][C@H](C)c3cccc(Cl)c3)n2)cc1. The minimum Gasteiger partial charge on any atom is -0.333 e. The second-order valence-electron chi connectivity index (χ2n) is 5.85. The molecule has 5 heteroatoms. The molecule has 2 N–H and O–H groups in total. The van der Waals surface area contributed by atoms with Crippen molar-refractivity contribution in [3.8, 4) is 11.4 Å². The van der Waals surface area contributed by atoms with Crippen LogP contribution in [0.5, 0.6) is 0 Å². The third-order valence-electron chi connectivity index (χ3n) is 4.11. The third-order valence-corrected chi connectivity index (χ3v) is 4.34. The minimum atomic E-state index is 0.267. The van der Waals surface area contributed by atoms with Crippen LogP contribution in [0.4, 0.5) is 0 Å². The molecule has 0 aliphatic heterocycles. The number of rotatable bonds is 6. The molecule has 0 aliphatic carbocycles. The van der Waals surface area contributed by atoms with Gasteiger partial charge in [-0.15, -0.1) is 0 Å². The van der Waals surface area contributed by atoms with E-state index in [0.29, 0.717) is 18.3 Å². The molecule has 0 fully saturated rings. The summed E-state index contributed by atoms with van der Waals surface area (Å²) in [5.74, 6) is 1.26. The van der Waals surface area contributed by atoms with Crippen molar-refractivity contribution in [1.29, 1.82) is 0 Å². The Hall–Kier alpha value is -2.17. The Kier molecular flexibility index (Phi) is 5.28. The number of quaternary nitrogens is 1. The van der Waals surface area contributed by atoms with E-state index in [9.17, 15) is 0 Å². The number of benzene rings is 2. The van der Waals surface area contributed by atoms with Crippen molar-refractivity contribution in [2.24, 2.45) is 0 Å². The summed E-state index contributed by atoms with van der Waals surface area (Å²) in [6.45, 7) is 4.90. The van der Waals surface area contributed by atoms with Gasteiger partial charge in [-0.2, -0.15) is 4.98 Å². The van der Waals surface area contributed by atoms with Gasteiger partial charge in [-0.25, -0.2) is 0 Å². The molecule has 0 amide bonds. The van der Waals surface area contributed by atoms with Crippen LogP contribution in [0.1, 0.15) is 36.9 Å². The van der Waals surface area contributed by atoms with E-state index in [4.69, 9.17) is 16.1 Å². The van der Waals surface area contributed by atoms with E-state index >= 15 is 0 Å². The van der Waals surface area contributed by atoms with Gasteiger partial charge in [0.1, 0.15) is 6.04 Å². The fourth-order valence-corrected chi connectivity index (χ4v) is 2.75. The van der Waals surface area contributed by atoms with Gasteiger partial charge in [-0.1, -0.05) is 60.1 Å². The Morgan fingerprint density at radius 3 is 2.67 bits per heavy atom. The summed E-state index contributed by atoms with van der Waals surface area (Å²) >= 11 is 6.04. The first-order valence-electron chi connectivity index (χ1n) is 8.16. The van der Waals surface area contributed by atoms with Gasteiger partial charge in [0.25, 0.3) is 5.89 Å². The van der Waals surface area contributed by atoms with Crippen molar-refractivity contribution in [3.63, 3.8) is 0 Å². The quantitative estimate of drug-likeness (QED) is 0.741. The number of halogens is 1. The zero-order valence-electron chi connectivity index (χ0n) is 13.9. The van der Waals surface area contributed by atoms with E-state index in [1.54, 1.807) is 0 Å². The van der Waals surface area contributed by atoms with Crippen LogP contribution >= 0.6 is 11.6 Å². The molecule has 3 rings (SSSR count). The monoisotopic (exact) mass is 342 g/mol. The Morgan fingerprint density at radius 1 is 1.17 bits per heavy atom. The summed E-state index contributed by atoms with van der Waals surface area (Å²) in [5.41, 5.74) is 3.45. The average molecular weight is 343 g/mol. The Labute approximate surface area is 146 Å². The molecular weight excluding hydrogens is 322 g/mol. The predicted molar refractivity (Wildman–Crippen MR) is 94.6 cm³/mol. The van der Waals surface area contributed by atoms with Crippen LogP contribution in [-0.2, 0) is 13.0 Å². The Morgan fingerprint density at radius 2 is 1.96 bits per heavy atom. The van der Waals surface area contributed by atoms with Crippen LogP contribution in [0.25, 0.3) is 11.4 Å². The maximum absolute atomic E-state index is 6.04. The predicted octanol–water partition coefficient (Wildman–Crippen LogP) is 3.78. The lowest BCUT2D eigenvalue weighted by Crippen LogP contribution is -2.83. The van der Waals surface area contributed by atoms with Gasteiger partial charge in [0.05, 0.1) is 0 Å². The molecule has 24 heavy (non-hydrogen) atoms. The number of aromatic nitrogens is 2. The van der Waals surface area contributed by atoms with Crippen LogP contribution in [0.15, 0.2) is 53.1 Å². The maximum Gasteiger partial charge on any atom is 0.282 e. The molecule has 0 bridgehead atoms. The number of aryl methyl sites for hydroxylation is 1. The molecule has 0 aliphatic rings. The standard InChI is InChI=1S/C19H20ClN3O/c1-3-14-7-9-15(10-8-14)19-22-18(24-23-19)12-21-13(2)16-5-4-6-17(20)11-16/h4-11,13,21H,3,12H2,1-2H3/p+1/t13-/m1/s1. The summed E-state index contributed by atoms with van der Waals surface area (Å²) in [6, 6.07) is 16.4. The van der Waals surface area contributed by atoms with Gasteiger partial charge in [0.15, 0.2) is 6.54 Å². The van der Waals surface area contributed by atoms with Crippen molar-refractivity contribution >= 4 is 11.6 Å². The molecule has 1 atom stereocenters. The number of hydrogen-bond donors (Lipinski definition) is 1. The summed E-state index contributed by atoms with van der Waals surface area (Å²) in [6.07, 6.45) is 1.02. The Balaban J connectivity index is 1.63. The summed E-state index contributed by atoms with van der Waals surface area (Å²) in [7, 11) is 0. The highest BCUT2D eigenvalue weighted by Crippen LogP contribution is 2.17. The van der Waals surface area contributed by atoms with Crippen molar-refractivity contribution in [1.82, 2.24) is 10.1 Å². The zero-order chi connectivity index (χ0) is 16.9. The molecule has 0 spiro atoms. The topological polar surface area (TPSA) is 55.5 Å². The fraction of sp³-hybridized carbons (Fsp3) is 0.263. The third kappa shape index (κ3) is 4.02. The normalized spacial score (nSPS) is 12.3. The van der Waals surface area contributed by atoms with E-state index in [0.717, 1.165) is 17.0 Å².